The highest BCUT2D eigenvalue weighted by atomic mass is 35.5. The fourth-order valence-electron chi connectivity index (χ4n) is 2.34. The molecule has 0 spiro atoms. The van der Waals surface area contributed by atoms with Crippen LogP contribution in [0.3, 0.4) is 0 Å². The SMILES string of the molecule is CCn1c(SCC(=O)NCCOc2ccc(Cl)cc2)nnc1-c1cccs1. The monoisotopic (exact) mass is 422 g/mol. The van der Waals surface area contributed by atoms with Crippen molar-refractivity contribution in [2.45, 2.75) is 18.6 Å². The zero-order valence-electron chi connectivity index (χ0n) is 14.7. The summed E-state index contributed by atoms with van der Waals surface area (Å²) in [6, 6.07) is 11.1. The highest BCUT2D eigenvalue weighted by molar-refractivity contribution is 7.99. The lowest BCUT2D eigenvalue weighted by molar-refractivity contribution is -0.118. The lowest BCUT2D eigenvalue weighted by atomic mass is 10.3. The Balaban J connectivity index is 1.43. The van der Waals surface area contributed by atoms with Crippen LogP contribution in [0.2, 0.25) is 5.02 Å². The van der Waals surface area contributed by atoms with Crippen molar-refractivity contribution < 1.29 is 9.53 Å². The fraction of sp³-hybridized carbons (Fsp3) is 0.278. The van der Waals surface area contributed by atoms with E-state index in [9.17, 15) is 4.79 Å². The Morgan fingerprint density at radius 3 is 2.81 bits per heavy atom. The highest BCUT2D eigenvalue weighted by Gasteiger charge is 2.15. The Kier molecular flexibility index (Phi) is 7.14. The van der Waals surface area contributed by atoms with Gasteiger partial charge in [-0.05, 0) is 42.6 Å². The van der Waals surface area contributed by atoms with E-state index < -0.39 is 0 Å². The van der Waals surface area contributed by atoms with E-state index in [2.05, 4.69) is 15.5 Å². The number of halogens is 1. The average molecular weight is 423 g/mol. The minimum atomic E-state index is -0.0666. The first kappa shape index (κ1) is 19.7. The molecule has 0 saturated carbocycles. The maximum absolute atomic E-state index is 12.0. The maximum Gasteiger partial charge on any atom is 0.230 e. The number of aromatic nitrogens is 3. The van der Waals surface area contributed by atoms with Crippen molar-refractivity contribution in [2.75, 3.05) is 18.9 Å². The summed E-state index contributed by atoms with van der Waals surface area (Å²) in [5, 5.41) is 14.7. The third-order valence-electron chi connectivity index (χ3n) is 3.61. The van der Waals surface area contributed by atoms with Gasteiger partial charge in [0.25, 0.3) is 0 Å². The highest BCUT2D eigenvalue weighted by Crippen LogP contribution is 2.27. The van der Waals surface area contributed by atoms with Gasteiger partial charge in [0.15, 0.2) is 11.0 Å². The Bertz CT molecular complexity index is 866. The molecule has 2 aromatic heterocycles. The Labute approximate surface area is 170 Å². The van der Waals surface area contributed by atoms with Crippen molar-refractivity contribution in [2.24, 2.45) is 0 Å². The number of carbonyl (C=O) groups is 1. The molecule has 1 amide bonds. The van der Waals surface area contributed by atoms with Crippen LogP contribution in [0.4, 0.5) is 0 Å². The number of hydrogen-bond donors (Lipinski definition) is 1. The molecule has 27 heavy (non-hydrogen) atoms. The van der Waals surface area contributed by atoms with Crippen LogP contribution in [0.25, 0.3) is 10.7 Å². The Morgan fingerprint density at radius 1 is 1.30 bits per heavy atom. The van der Waals surface area contributed by atoms with E-state index in [0.717, 1.165) is 28.2 Å². The first-order valence-corrected chi connectivity index (χ1v) is 10.7. The van der Waals surface area contributed by atoms with Crippen LogP contribution in [-0.2, 0) is 11.3 Å². The van der Waals surface area contributed by atoms with Crippen LogP contribution in [0.15, 0.2) is 46.9 Å². The zero-order chi connectivity index (χ0) is 19.1. The van der Waals surface area contributed by atoms with Gasteiger partial charge >= 0.3 is 0 Å². The van der Waals surface area contributed by atoms with Gasteiger partial charge in [0, 0.05) is 11.6 Å². The van der Waals surface area contributed by atoms with Gasteiger partial charge in [-0.25, -0.2) is 0 Å². The number of nitrogens with zero attached hydrogens (tertiary/aromatic N) is 3. The largest absolute Gasteiger partial charge is 0.492 e. The summed E-state index contributed by atoms with van der Waals surface area (Å²) in [6.45, 7) is 3.62. The van der Waals surface area contributed by atoms with Gasteiger partial charge in [-0.15, -0.1) is 21.5 Å². The predicted octanol–water partition coefficient (Wildman–Crippen LogP) is 3.97. The molecule has 1 N–H and O–H groups in total. The molecule has 0 radical (unpaired) electrons. The standard InChI is InChI=1S/C18H19ClN4O2S2/c1-2-23-17(15-4-3-11-26-15)21-22-18(23)27-12-16(24)20-9-10-25-14-7-5-13(19)6-8-14/h3-8,11H,2,9-10,12H2,1H3,(H,20,24). The number of hydrogen-bond acceptors (Lipinski definition) is 6. The number of thioether (sulfide) groups is 1. The van der Waals surface area contributed by atoms with E-state index in [1.165, 1.54) is 11.8 Å². The summed E-state index contributed by atoms with van der Waals surface area (Å²) >= 11 is 8.83. The van der Waals surface area contributed by atoms with Crippen molar-refractivity contribution in [1.82, 2.24) is 20.1 Å². The average Bonchev–Trinajstić information content (AvgIpc) is 3.34. The lowest BCUT2D eigenvalue weighted by Crippen LogP contribution is -2.29. The Morgan fingerprint density at radius 2 is 2.11 bits per heavy atom. The van der Waals surface area contributed by atoms with Crippen molar-refractivity contribution in [1.29, 1.82) is 0 Å². The van der Waals surface area contributed by atoms with Gasteiger partial charge in [0.2, 0.25) is 5.91 Å². The van der Waals surface area contributed by atoms with Crippen molar-refractivity contribution >= 4 is 40.6 Å². The third kappa shape index (κ3) is 5.47. The van der Waals surface area contributed by atoms with E-state index in [-0.39, 0.29) is 11.7 Å². The van der Waals surface area contributed by atoms with Gasteiger partial charge in [-0.2, -0.15) is 0 Å². The molecule has 0 bridgehead atoms. The molecule has 1 aromatic carbocycles. The fourth-order valence-corrected chi connectivity index (χ4v) is 4.02. The molecule has 142 valence electrons. The van der Waals surface area contributed by atoms with E-state index in [1.807, 2.05) is 29.0 Å². The van der Waals surface area contributed by atoms with Gasteiger partial charge in [-0.1, -0.05) is 29.4 Å². The normalized spacial score (nSPS) is 10.7. The quantitative estimate of drug-likeness (QED) is 0.417. The Hall–Kier alpha value is -2.03. The maximum atomic E-state index is 12.0. The molecule has 0 fully saturated rings. The summed E-state index contributed by atoms with van der Waals surface area (Å²) < 4.78 is 7.57. The first-order chi connectivity index (χ1) is 13.2. The molecule has 0 saturated heterocycles. The molecule has 2 heterocycles. The van der Waals surface area contributed by atoms with Crippen molar-refractivity contribution in [3.8, 4) is 16.5 Å². The number of amides is 1. The predicted molar refractivity (Wildman–Crippen MR) is 110 cm³/mol. The zero-order valence-corrected chi connectivity index (χ0v) is 17.1. The summed E-state index contributed by atoms with van der Waals surface area (Å²) in [7, 11) is 0. The third-order valence-corrected chi connectivity index (χ3v) is 5.70. The number of carbonyl (C=O) groups excluding carboxylic acids is 1. The second-order valence-corrected chi connectivity index (χ2v) is 7.80. The number of rotatable bonds is 9. The molecule has 3 rings (SSSR count). The van der Waals surface area contributed by atoms with Gasteiger partial charge < -0.3 is 14.6 Å². The minimum absolute atomic E-state index is 0.0666. The van der Waals surface area contributed by atoms with Crippen LogP contribution in [-0.4, -0.2) is 39.6 Å². The summed E-state index contributed by atoms with van der Waals surface area (Å²) in [6.07, 6.45) is 0. The molecular weight excluding hydrogens is 404 g/mol. The molecule has 6 nitrogen and oxygen atoms in total. The van der Waals surface area contributed by atoms with Crippen LogP contribution < -0.4 is 10.1 Å². The van der Waals surface area contributed by atoms with E-state index in [4.69, 9.17) is 16.3 Å². The molecule has 0 atom stereocenters. The minimum Gasteiger partial charge on any atom is -0.492 e. The molecule has 9 heteroatoms. The molecule has 0 aliphatic carbocycles. The molecular formula is C18H19ClN4O2S2. The first-order valence-electron chi connectivity index (χ1n) is 8.42. The van der Waals surface area contributed by atoms with Crippen molar-refractivity contribution in [3.05, 3.63) is 46.8 Å². The van der Waals surface area contributed by atoms with E-state index in [0.29, 0.717) is 18.2 Å². The second-order valence-electron chi connectivity index (χ2n) is 5.47. The number of nitrogens with one attached hydrogen (secondary N) is 1. The molecule has 3 aromatic rings. The number of thiophene rings is 1. The summed E-state index contributed by atoms with van der Waals surface area (Å²) in [5.74, 6) is 1.78. The van der Waals surface area contributed by atoms with Gasteiger partial charge in [0.05, 0.1) is 17.2 Å². The smallest absolute Gasteiger partial charge is 0.230 e. The second kappa shape index (κ2) is 9.77. The summed E-state index contributed by atoms with van der Waals surface area (Å²) in [4.78, 5) is 13.1. The molecule has 0 unspecified atom stereocenters. The van der Waals surface area contributed by atoms with Crippen LogP contribution in [0.1, 0.15) is 6.92 Å². The number of benzene rings is 1. The van der Waals surface area contributed by atoms with Crippen LogP contribution in [0.5, 0.6) is 5.75 Å². The van der Waals surface area contributed by atoms with E-state index >= 15 is 0 Å². The summed E-state index contributed by atoms with van der Waals surface area (Å²) in [5.41, 5.74) is 0. The topological polar surface area (TPSA) is 69.0 Å². The van der Waals surface area contributed by atoms with Gasteiger partial charge in [0.1, 0.15) is 12.4 Å². The van der Waals surface area contributed by atoms with Gasteiger partial charge in [-0.3, -0.25) is 4.79 Å². The van der Waals surface area contributed by atoms with Crippen LogP contribution >= 0.6 is 34.7 Å². The molecule has 0 aliphatic heterocycles. The number of ether oxygens (including phenoxy) is 1. The molecule has 0 aliphatic rings. The van der Waals surface area contributed by atoms with E-state index in [1.54, 1.807) is 35.6 Å². The lowest BCUT2D eigenvalue weighted by Gasteiger charge is -2.08. The van der Waals surface area contributed by atoms with Crippen LogP contribution in [0, 0.1) is 0 Å². The van der Waals surface area contributed by atoms with Crippen molar-refractivity contribution in [3.63, 3.8) is 0 Å².